The average molecular weight is 386 g/mol. The number of carbonyl (C=O) groups excluding carboxylic acids is 1. The summed E-state index contributed by atoms with van der Waals surface area (Å²) in [6.07, 6.45) is 2.62. The van der Waals surface area contributed by atoms with Gasteiger partial charge in [0, 0.05) is 22.9 Å². The van der Waals surface area contributed by atoms with Gasteiger partial charge in [-0.15, -0.1) is 0 Å². The third kappa shape index (κ3) is 2.96. The van der Waals surface area contributed by atoms with Crippen LogP contribution in [0.1, 0.15) is 35.6 Å². The summed E-state index contributed by atoms with van der Waals surface area (Å²) in [5, 5.41) is 0. The Hall–Kier alpha value is -2.14. The second-order valence-electron chi connectivity index (χ2n) is 5.72. The van der Waals surface area contributed by atoms with Gasteiger partial charge in [0.1, 0.15) is 11.3 Å². The SMILES string of the molecule is CCc1nc2ccc(Br)cn2c1C(=O)N(CC)c1cccc(C)c1. The van der Waals surface area contributed by atoms with E-state index in [4.69, 9.17) is 0 Å². The molecule has 1 amide bonds. The lowest BCUT2D eigenvalue weighted by molar-refractivity contribution is 0.0981. The van der Waals surface area contributed by atoms with Crippen LogP contribution in [0.3, 0.4) is 0 Å². The van der Waals surface area contributed by atoms with E-state index in [1.54, 1.807) is 4.90 Å². The second-order valence-corrected chi connectivity index (χ2v) is 6.64. The Morgan fingerprint density at radius 3 is 2.71 bits per heavy atom. The summed E-state index contributed by atoms with van der Waals surface area (Å²) in [5.74, 6) is -0.0226. The summed E-state index contributed by atoms with van der Waals surface area (Å²) >= 11 is 3.48. The minimum absolute atomic E-state index is 0.0226. The van der Waals surface area contributed by atoms with Gasteiger partial charge < -0.3 is 4.90 Å². The number of aromatic nitrogens is 2. The van der Waals surface area contributed by atoms with Crippen LogP contribution in [0.5, 0.6) is 0 Å². The molecule has 4 nitrogen and oxygen atoms in total. The number of carbonyl (C=O) groups is 1. The van der Waals surface area contributed by atoms with Crippen molar-refractivity contribution in [2.75, 3.05) is 11.4 Å². The van der Waals surface area contributed by atoms with E-state index < -0.39 is 0 Å². The van der Waals surface area contributed by atoms with E-state index in [2.05, 4.69) is 20.9 Å². The van der Waals surface area contributed by atoms with Gasteiger partial charge in [0.05, 0.1) is 5.69 Å². The van der Waals surface area contributed by atoms with Gasteiger partial charge in [-0.2, -0.15) is 0 Å². The molecule has 24 heavy (non-hydrogen) atoms. The van der Waals surface area contributed by atoms with Crippen LogP contribution < -0.4 is 4.90 Å². The molecule has 3 rings (SSSR count). The summed E-state index contributed by atoms with van der Waals surface area (Å²) in [7, 11) is 0. The average Bonchev–Trinajstić information content (AvgIpc) is 2.93. The third-order valence-corrected chi connectivity index (χ3v) is 4.54. The van der Waals surface area contributed by atoms with E-state index in [0.29, 0.717) is 18.7 Å². The monoisotopic (exact) mass is 385 g/mol. The van der Waals surface area contributed by atoms with Crippen molar-refractivity contribution in [3.8, 4) is 0 Å². The number of hydrogen-bond acceptors (Lipinski definition) is 2. The number of benzene rings is 1. The molecule has 0 aliphatic rings. The number of nitrogens with zero attached hydrogens (tertiary/aromatic N) is 3. The van der Waals surface area contributed by atoms with E-state index in [0.717, 1.165) is 27.1 Å². The van der Waals surface area contributed by atoms with E-state index >= 15 is 0 Å². The van der Waals surface area contributed by atoms with Crippen molar-refractivity contribution in [3.05, 3.63) is 64.0 Å². The second kappa shape index (κ2) is 6.77. The van der Waals surface area contributed by atoms with Crippen LogP contribution in [0.15, 0.2) is 47.1 Å². The van der Waals surface area contributed by atoms with E-state index in [-0.39, 0.29) is 5.91 Å². The highest BCUT2D eigenvalue weighted by Crippen LogP contribution is 2.23. The number of anilines is 1. The van der Waals surface area contributed by atoms with E-state index in [1.165, 1.54) is 0 Å². The third-order valence-electron chi connectivity index (χ3n) is 4.07. The number of pyridine rings is 1. The first-order chi connectivity index (χ1) is 11.5. The largest absolute Gasteiger partial charge is 0.307 e. The molecule has 0 spiro atoms. The molecule has 0 unspecified atom stereocenters. The molecule has 3 aromatic rings. The van der Waals surface area contributed by atoms with Gasteiger partial charge in [0.2, 0.25) is 0 Å². The van der Waals surface area contributed by atoms with Gasteiger partial charge in [-0.25, -0.2) is 4.98 Å². The van der Waals surface area contributed by atoms with Crippen molar-refractivity contribution < 1.29 is 4.79 Å². The number of hydrogen-bond donors (Lipinski definition) is 0. The molecule has 0 aliphatic carbocycles. The number of imidazole rings is 1. The van der Waals surface area contributed by atoms with Crippen LogP contribution in [0, 0.1) is 6.92 Å². The number of rotatable bonds is 4. The minimum atomic E-state index is -0.0226. The zero-order valence-corrected chi connectivity index (χ0v) is 15.7. The standard InChI is InChI=1S/C19H20BrN3O/c1-4-16-18(23-12-14(20)9-10-17(23)21-16)19(24)22(5-2)15-8-6-7-13(3)11-15/h6-12H,4-5H2,1-3H3. The molecule has 124 valence electrons. The molecule has 0 saturated heterocycles. The number of halogens is 1. The number of amides is 1. The Morgan fingerprint density at radius 1 is 1.25 bits per heavy atom. The van der Waals surface area contributed by atoms with Crippen LogP contribution in [-0.2, 0) is 6.42 Å². The minimum Gasteiger partial charge on any atom is -0.307 e. The van der Waals surface area contributed by atoms with Gasteiger partial charge in [0.15, 0.2) is 0 Å². The summed E-state index contributed by atoms with van der Waals surface area (Å²) < 4.78 is 2.80. The summed E-state index contributed by atoms with van der Waals surface area (Å²) in [6.45, 7) is 6.65. The Balaban J connectivity index is 2.14. The summed E-state index contributed by atoms with van der Waals surface area (Å²) in [6, 6.07) is 11.9. The van der Waals surface area contributed by atoms with Gasteiger partial charge in [-0.3, -0.25) is 9.20 Å². The number of fused-ring (bicyclic) bond motifs is 1. The predicted molar refractivity (Wildman–Crippen MR) is 101 cm³/mol. The molecule has 0 atom stereocenters. The lowest BCUT2D eigenvalue weighted by Gasteiger charge is -2.22. The quantitative estimate of drug-likeness (QED) is 0.656. The maximum atomic E-state index is 13.3. The Bertz CT molecular complexity index is 901. The molecule has 0 aliphatic heterocycles. The van der Waals surface area contributed by atoms with E-state index in [1.807, 2.05) is 67.8 Å². The highest BCUT2D eigenvalue weighted by atomic mass is 79.9. The molecule has 0 N–H and O–H groups in total. The smallest absolute Gasteiger partial charge is 0.277 e. The zero-order valence-electron chi connectivity index (χ0n) is 14.1. The lowest BCUT2D eigenvalue weighted by Crippen LogP contribution is -2.32. The zero-order chi connectivity index (χ0) is 17.3. The van der Waals surface area contributed by atoms with Gasteiger partial charge in [-0.05, 0) is 66.0 Å². The Morgan fingerprint density at radius 2 is 2.04 bits per heavy atom. The molecule has 2 heterocycles. The van der Waals surface area contributed by atoms with Crippen LogP contribution in [-0.4, -0.2) is 21.8 Å². The van der Waals surface area contributed by atoms with Crippen molar-refractivity contribution in [3.63, 3.8) is 0 Å². The predicted octanol–water partition coefficient (Wildman–Crippen LogP) is 4.63. The van der Waals surface area contributed by atoms with Crippen LogP contribution >= 0.6 is 15.9 Å². The fraction of sp³-hybridized carbons (Fsp3) is 0.263. The molecule has 0 fully saturated rings. The Kier molecular flexibility index (Phi) is 4.71. The van der Waals surface area contributed by atoms with Gasteiger partial charge in [-0.1, -0.05) is 19.1 Å². The molecular formula is C19H20BrN3O. The molecule has 2 aromatic heterocycles. The normalized spacial score (nSPS) is 11.0. The maximum absolute atomic E-state index is 13.3. The van der Waals surface area contributed by atoms with Crippen molar-refractivity contribution in [1.82, 2.24) is 9.38 Å². The summed E-state index contributed by atoms with van der Waals surface area (Å²) in [4.78, 5) is 19.7. The van der Waals surface area contributed by atoms with Crippen LogP contribution in [0.4, 0.5) is 5.69 Å². The van der Waals surface area contributed by atoms with Crippen LogP contribution in [0.25, 0.3) is 5.65 Å². The molecule has 5 heteroatoms. The van der Waals surface area contributed by atoms with Crippen molar-refractivity contribution in [1.29, 1.82) is 0 Å². The van der Waals surface area contributed by atoms with E-state index in [9.17, 15) is 4.79 Å². The van der Waals surface area contributed by atoms with Crippen molar-refractivity contribution in [2.45, 2.75) is 27.2 Å². The van der Waals surface area contributed by atoms with Crippen molar-refractivity contribution in [2.24, 2.45) is 0 Å². The lowest BCUT2D eigenvalue weighted by atomic mass is 10.2. The highest BCUT2D eigenvalue weighted by Gasteiger charge is 2.24. The topological polar surface area (TPSA) is 37.6 Å². The van der Waals surface area contributed by atoms with Crippen molar-refractivity contribution >= 4 is 33.2 Å². The molecule has 0 saturated carbocycles. The molecular weight excluding hydrogens is 366 g/mol. The fourth-order valence-electron chi connectivity index (χ4n) is 2.91. The Labute approximate surface area is 150 Å². The first kappa shape index (κ1) is 16.7. The first-order valence-electron chi connectivity index (χ1n) is 8.10. The molecule has 0 radical (unpaired) electrons. The molecule has 0 bridgehead atoms. The van der Waals surface area contributed by atoms with Gasteiger partial charge in [0.25, 0.3) is 5.91 Å². The number of aryl methyl sites for hydroxylation is 2. The maximum Gasteiger partial charge on any atom is 0.277 e. The first-order valence-corrected chi connectivity index (χ1v) is 8.89. The highest BCUT2D eigenvalue weighted by molar-refractivity contribution is 9.10. The summed E-state index contributed by atoms with van der Waals surface area (Å²) in [5.41, 5.74) is 4.30. The fourth-order valence-corrected chi connectivity index (χ4v) is 3.24. The van der Waals surface area contributed by atoms with Crippen LogP contribution in [0.2, 0.25) is 0 Å². The molecule has 1 aromatic carbocycles. The van der Waals surface area contributed by atoms with Gasteiger partial charge >= 0.3 is 0 Å².